The molecule has 1 saturated carbocycles. The number of para-hydroxylation sites is 1. The molecule has 2 aromatic rings. The zero-order valence-corrected chi connectivity index (χ0v) is 13.5. The molecule has 2 N–H and O–H groups in total. The largest absolute Gasteiger partial charge is 0.326 e. The number of amides is 1. The van der Waals surface area contributed by atoms with Gasteiger partial charge in [-0.1, -0.05) is 37.3 Å². The zero-order chi connectivity index (χ0) is 17.1. The SMILES string of the molecule is CCNCc1ccccc1NC(=O)C1CC1c1cccc(F)c1F. The summed E-state index contributed by atoms with van der Waals surface area (Å²) < 4.78 is 27.2. The highest BCUT2D eigenvalue weighted by molar-refractivity contribution is 5.95. The van der Waals surface area contributed by atoms with Crippen LogP contribution in [-0.2, 0) is 11.3 Å². The molecule has 126 valence electrons. The number of carbonyl (C=O) groups is 1. The van der Waals surface area contributed by atoms with Crippen molar-refractivity contribution in [2.45, 2.75) is 25.8 Å². The van der Waals surface area contributed by atoms with E-state index in [9.17, 15) is 13.6 Å². The molecule has 3 rings (SSSR count). The van der Waals surface area contributed by atoms with Gasteiger partial charge in [0.05, 0.1) is 0 Å². The summed E-state index contributed by atoms with van der Waals surface area (Å²) in [5, 5.41) is 6.15. The first kappa shape index (κ1) is 16.6. The minimum Gasteiger partial charge on any atom is -0.326 e. The van der Waals surface area contributed by atoms with E-state index in [4.69, 9.17) is 0 Å². The Balaban J connectivity index is 1.68. The van der Waals surface area contributed by atoms with E-state index in [1.807, 2.05) is 31.2 Å². The average molecular weight is 330 g/mol. The molecular weight excluding hydrogens is 310 g/mol. The standard InChI is InChI=1S/C19H20F2N2O/c1-2-22-11-12-6-3-4-9-17(12)23-19(24)15-10-14(15)13-7-5-8-16(20)18(13)21/h3-9,14-15,22H,2,10-11H2,1H3,(H,23,24). The van der Waals surface area contributed by atoms with Crippen molar-refractivity contribution in [3.63, 3.8) is 0 Å². The Bertz CT molecular complexity index is 748. The molecule has 2 unspecified atom stereocenters. The Morgan fingerprint density at radius 3 is 2.75 bits per heavy atom. The number of halogens is 2. The molecular formula is C19H20F2N2O. The second-order valence-corrected chi connectivity index (χ2v) is 6.02. The average Bonchev–Trinajstić information content (AvgIpc) is 3.37. The maximum atomic E-state index is 13.8. The first-order chi connectivity index (χ1) is 11.6. The van der Waals surface area contributed by atoms with E-state index in [0.29, 0.717) is 13.0 Å². The molecule has 24 heavy (non-hydrogen) atoms. The highest BCUT2D eigenvalue weighted by Gasteiger charge is 2.45. The molecule has 2 atom stereocenters. The molecule has 0 bridgehead atoms. The van der Waals surface area contributed by atoms with Gasteiger partial charge in [0.1, 0.15) is 0 Å². The number of hydrogen-bond acceptors (Lipinski definition) is 2. The molecule has 0 aliphatic heterocycles. The summed E-state index contributed by atoms with van der Waals surface area (Å²) in [6.07, 6.45) is 0.543. The van der Waals surface area contributed by atoms with Crippen LogP contribution in [0.15, 0.2) is 42.5 Å². The highest BCUT2D eigenvalue weighted by atomic mass is 19.2. The lowest BCUT2D eigenvalue weighted by Gasteiger charge is -2.11. The summed E-state index contributed by atoms with van der Waals surface area (Å²) in [5.41, 5.74) is 2.05. The number of benzene rings is 2. The van der Waals surface area contributed by atoms with Gasteiger partial charge in [-0.05, 0) is 42.1 Å². The van der Waals surface area contributed by atoms with Crippen LogP contribution >= 0.6 is 0 Å². The van der Waals surface area contributed by atoms with Crippen molar-refractivity contribution in [2.75, 3.05) is 11.9 Å². The van der Waals surface area contributed by atoms with E-state index in [0.717, 1.165) is 23.9 Å². The van der Waals surface area contributed by atoms with Crippen LogP contribution in [0, 0.1) is 17.6 Å². The van der Waals surface area contributed by atoms with E-state index in [1.165, 1.54) is 6.07 Å². The van der Waals surface area contributed by atoms with Crippen LogP contribution in [-0.4, -0.2) is 12.5 Å². The third kappa shape index (κ3) is 3.46. The molecule has 3 nitrogen and oxygen atoms in total. The van der Waals surface area contributed by atoms with Gasteiger partial charge in [0, 0.05) is 18.2 Å². The van der Waals surface area contributed by atoms with E-state index in [2.05, 4.69) is 10.6 Å². The van der Waals surface area contributed by atoms with E-state index in [-0.39, 0.29) is 23.3 Å². The lowest BCUT2D eigenvalue weighted by atomic mass is 10.1. The molecule has 1 fully saturated rings. The maximum Gasteiger partial charge on any atom is 0.228 e. The van der Waals surface area contributed by atoms with Crippen molar-refractivity contribution in [1.82, 2.24) is 5.32 Å². The molecule has 0 radical (unpaired) electrons. The van der Waals surface area contributed by atoms with Gasteiger partial charge in [-0.25, -0.2) is 8.78 Å². The van der Waals surface area contributed by atoms with Crippen molar-refractivity contribution < 1.29 is 13.6 Å². The normalized spacial score (nSPS) is 19.1. The van der Waals surface area contributed by atoms with Gasteiger partial charge in [0.15, 0.2) is 11.6 Å². The first-order valence-electron chi connectivity index (χ1n) is 8.15. The van der Waals surface area contributed by atoms with E-state index in [1.54, 1.807) is 6.07 Å². The second kappa shape index (κ2) is 7.09. The quantitative estimate of drug-likeness (QED) is 0.845. The van der Waals surface area contributed by atoms with E-state index >= 15 is 0 Å². The second-order valence-electron chi connectivity index (χ2n) is 6.02. The fourth-order valence-corrected chi connectivity index (χ4v) is 2.92. The predicted molar refractivity (Wildman–Crippen MR) is 89.7 cm³/mol. The van der Waals surface area contributed by atoms with Crippen LogP contribution in [0.5, 0.6) is 0 Å². The van der Waals surface area contributed by atoms with Crippen LogP contribution in [0.25, 0.3) is 0 Å². The summed E-state index contributed by atoms with van der Waals surface area (Å²) in [7, 11) is 0. The summed E-state index contributed by atoms with van der Waals surface area (Å²) in [4.78, 5) is 12.4. The Morgan fingerprint density at radius 1 is 1.17 bits per heavy atom. The Kier molecular flexibility index (Phi) is 4.90. The zero-order valence-electron chi connectivity index (χ0n) is 13.5. The minimum atomic E-state index is -0.866. The molecule has 0 spiro atoms. The molecule has 0 saturated heterocycles. The van der Waals surface area contributed by atoms with Gasteiger partial charge >= 0.3 is 0 Å². The highest BCUT2D eigenvalue weighted by Crippen LogP contribution is 2.49. The van der Waals surface area contributed by atoms with Crippen molar-refractivity contribution in [1.29, 1.82) is 0 Å². The van der Waals surface area contributed by atoms with Crippen LogP contribution < -0.4 is 10.6 Å². The van der Waals surface area contributed by atoms with Crippen LogP contribution in [0.2, 0.25) is 0 Å². The molecule has 2 aromatic carbocycles. The summed E-state index contributed by atoms with van der Waals surface area (Å²) in [6, 6.07) is 11.7. The number of nitrogens with one attached hydrogen (secondary N) is 2. The molecule has 0 heterocycles. The Morgan fingerprint density at radius 2 is 1.96 bits per heavy atom. The molecule has 0 aromatic heterocycles. The van der Waals surface area contributed by atoms with Gasteiger partial charge in [-0.15, -0.1) is 0 Å². The number of carbonyl (C=O) groups excluding carboxylic acids is 1. The number of hydrogen-bond donors (Lipinski definition) is 2. The lowest BCUT2D eigenvalue weighted by Crippen LogP contribution is -2.18. The fraction of sp³-hybridized carbons (Fsp3) is 0.316. The van der Waals surface area contributed by atoms with Crippen LogP contribution in [0.1, 0.15) is 30.4 Å². The van der Waals surface area contributed by atoms with Crippen LogP contribution in [0.3, 0.4) is 0 Å². The third-order valence-corrected chi connectivity index (χ3v) is 4.35. The molecule has 1 aliphatic rings. The topological polar surface area (TPSA) is 41.1 Å². The number of rotatable bonds is 6. The summed E-state index contributed by atoms with van der Waals surface area (Å²) >= 11 is 0. The first-order valence-corrected chi connectivity index (χ1v) is 8.15. The van der Waals surface area contributed by atoms with Gasteiger partial charge in [-0.3, -0.25) is 4.79 Å². The van der Waals surface area contributed by atoms with E-state index < -0.39 is 11.6 Å². The predicted octanol–water partition coefficient (Wildman–Crippen LogP) is 3.82. The van der Waals surface area contributed by atoms with Gasteiger partial charge in [0.25, 0.3) is 0 Å². The smallest absolute Gasteiger partial charge is 0.228 e. The minimum absolute atomic E-state index is 0.146. The molecule has 5 heteroatoms. The number of anilines is 1. The third-order valence-electron chi connectivity index (χ3n) is 4.35. The van der Waals surface area contributed by atoms with Gasteiger partial charge in [-0.2, -0.15) is 0 Å². The van der Waals surface area contributed by atoms with Crippen molar-refractivity contribution in [3.05, 3.63) is 65.2 Å². The fourth-order valence-electron chi connectivity index (χ4n) is 2.92. The Hall–Kier alpha value is -2.27. The van der Waals surface area contributed by atoms with Gasteiger partial charge < -0.3 is 10.6 Å². The van der Waals surface area contributed by atoms with Crippen molar-refractivity contribution in [3.8, 4) is 0 Å². The Labute approximate surface area is 140 Å². The van der Waals surface area contributed by atoms with Crippen molar-refractivity contribution in [2.24, 2.45) is 5.92 Å². The van der Waals surface area contributed by atoms with Crippen molar-refractivity contribution >= 4 is 11.6 Å². The molecule has 1 amide bonds. The van der Waals surface area contributed by atoms with Gasteiger partial charge in [0.2, 0.25) is 5.91 Å². The summed E-state index contributed by atoms with van der Waals surface area (Å²) in [6.45, 7) is 3.52. The maximum absolute atomic E-state index is 13.8. The lowest BCUT2D eigenvalue weighted by molar-refractivity contribution is -0.117. The summed E-state index contributed by atoms with van der Waals surface area (Å²) in [5.74, 6) is -2.41. The monoisotopic (exact) mass is 330 g/mol. The molecule has 1 aliphatic carbocycles. The van der Waals surface area contributed by atoms with Crippen LogP contribution in [0.4, 0.5) is 14.5 Å².